The zero-order chi connectivity index (χ0) is 20.0. The quantitative estimate of drug-likeness (QED) is 0.312. The number of thioether (sulfide) groups is 1. The summed E-state index contributed by atoms with van der Waals surface area (Å²) < 4.78 is 2.66. The Labute approximate surface area is 181 Å². The van der Waals surface area contributed by atoms with E-state index in [0.29, 0.717) is 9.23 Å². The molecule has 1 saturated heterocycles. The van der Waals surface area contributed by atoms with Crippen molar-refractivity contribution >= 4 is 62.0 Å². The van der Waals surface area contributed by atoms with E-state index in [1.165, 1.54) is 27.1 Å². The first-order valence-corrected chi connectivity index (χ1v) is 11.0. The summed E-state index contributed by atoms with van der Waals surface area (Å²) in [7, 11) is 1.70. The van der Waals surface area contributed by atoms with E-state index >= 15 is 0 Å². The van der Waals surface area contributed by atoms with Gasteiger partial charge in [-0.1, -0.05) is 72.5 Å². The molecule has 7 heteroatoms. The Bertz CT molecular complexity index is 1270. The zero-order valence-electron chi connectivity index (χ0n) is 15.4. The molecule has 1 aliphatic rings. The van der Waals surface area contributed by atoms with Gasteiger partial charge in [0.05, 0.1) is 10.4 Å². The number of benzene rings is 2. The summed E-state index contributed by atoms with van der Waals surface area (Å²) in [5.41, 5.74) is 3.20. The highest BCUT2D eigenvalue weighted by Crippen LogP contribution is 2.37. The molecule has 0 spiro atoms. The lowest BCUT2D eigenvalue weighted by Gasteiger charge is -2.07. The Balaban J connectivity index is 1.69. The van der Waals surface area contributed by atoms with Crippen LogP contribution in [0.2, 0.25) is 0 Å². The molecule has 0 saturated carbocycles. The summed E-state index contributed by atoms with van der Waals surface area (Å²) in [6.45, 7) is 0. The lowest BCUT2D eigenvalue weighted by Crippen LogP contribution is -2.22. The highest BCUT2D eigenvalue weighted by atomic mass is 32.2. The normalized spacial score (nSPS) is 15.8. The van der Waals surface area contributed by atoms with Crippen LogP contribution in [0.4, 0.5) is 0 Å². The molecule has 0 N–H and O–H groups in total. The lowest BCUT2D eigenvalue weighted by molar-refractivity contribution is -0.121. The number of hydrogen-bond donors (Lipinski definition) is 0. The average Bonchev–Trinajstić information content (AvgIpc) is 3.37. The highest BCUT2D eigenvalue weighted by molar-refractivity contribution is 8.26. The van der Waals surface area contributed by atoms with E-state index in [2.05, 4.69) is 22.8 Å². The molecule has 4 aromatic rings. The number of para-hydroxylation sites is 1. The highest BCUT2D eigenvalue weighted by Gasteiger charge is 2.29. The Hall–Kier alpha value is -2.74. The van der Waals surface area contributed by atoms with Crippen molar-refractivity contribution in [2.24, 2.45) is 0 Å². The monoisotopic (exact) mass is 433 g/mol. The number of hydrogen-bond acceptors (Lipinski definition) is 5. The van der Waals surface area contributed by atoms with E-state index < -0.39 is 0 Å². The van der Waals surface area contributed by atoms with Crippen LogP contribution in [0.15, 0.2) is 71.6 Å². The van der Waals surface area contributed by atoms with Crippen LogP contribution in [0.5, 0.6) is 0 Å². The van der Waals surface area contributed by atoms with Crippen molar-refractivity contribution in [2.75, 3.05) is 7.05 Å². The summed E-state index contributed by atoms with van der Waals surface area (Å²) in [5.74, 6) is 0.641. The summed E-state index contributed by atoms with van der Waals surface area (Å²) in [4.78, 5) is 21.5. The molecule has 1 aliphatic heterocycles. The van der Waals surface area contributed by atoms with Crippen LogP contribution < -0.4 is 0 Å². The average molecular weight is 434 g/mol. The molecule has 0 radical (unpaired) electrons. The smallest absolute Gasteiger partial charge is 0.266 e. The van der Waals surface area contributed by atoms with Gasteiger partial charge in [0.1, 0.15) is 15.0 Å². The minimum Gasteiger partial charge on any atom is -0.296 e. The molecule has 142 valence electrons. The van der Waals surface area contributed by atoms with E-state index in [4.69, 9.17) is 17.2 Å². The first kappa shape index (κ1) is 18.3. The van der Waals surface area contributed by atoms with Gasteiger partial charge in [-0.2, -0.15) is 0 Å². The van der Waals surface area contributed by atoms with Crippen molar-refractivity contribution in [3.05, 3.63) is 77.5 Å². The molecule has 2 aromatic heterocycles. The molecule has 2 aromatic carbocycles. The molecule has 4 nitrogen and oxygen atoms in total. The number of thiocarbonyl (C=S) groups is 1. The number of likely N-dealkylation sites (N-methyl/N-ethyl adjacent to an activating group) is 1. The fourth-order valence-electron chi connectivity index (χ4n) is 3.24. The first-order valence-electron chi connectivity index (χ1n) is 8.96. The maximum atomic E-state index is 12.5. The van der Waals surface area contributed by atoms with Gasteiger partial charge in [0, 0.05) is 23.7 Å². The second kappa shape index (κ2) is 7.26. The second-order valence-corrected chi connectivity index (χ2v) is 9.26. The number of amides is 1. The van der Waals surface area contributed by atoms with Gasteiger partial charge in [0.25, 0.3) is 5.91 Å². The number of aromatic nitrogens is 2. The minimum absolute atomic E-state index is 0.0871. The van der Waals surface area contributed by atoms with Gasteiger partial charge in [0.2, 0.25) is 0 Å². The van der Waals surface area contributed by atoms with Gasteiger partial charge in [0.15, 0.2) is 0 Å². The predicted octanol–water partition coefficient (Wildman–Crippen LogP) is 5.59. The van der Waals surface area contributed by atoms with Crippen molar-refractivity contribution in [1.82, 2.24) is 14.5 Å². The largest absolute Gasteiger partial charge is 0.296 e. The number of carbonyl (C=O) groups excluding carboxylic acids is 1. The van der Waals surface area contributed by atoms with Crippen molar-refractivity contribution < 1.29 is 4.79 Å². The van der Waals surface area contributed by atoms with Crippen LogP contribution in [0.25, 0.3) is 32.6 Å². The van der Waals surface area contributed by atoms with Gasteiger partial charge in [-0.25, -0.2) is 4.98 Å². The number of imidazole rings is 1. The fraction of sp³-hybridized carbons (Fsp3) is 0.0455. The molecule has 0 atom stereocenters. The molecular weight excluding hydrogens is 418 g/mol. The van der Waals surface area contributed by atoms with Crippen LogP contribution >= 0.6 is 35.3 Å². The number of carbonyl (C=O) groups is 1. The molecule has 0 bridgehead atoms. The SMILES string of the molecule is CN1C(=O)/C(=C\c2nc3sc(-c4ccccc4)cc3n2-c2ccccc2)SC1=S. The summed E-state index contributed by atoms with van der Waals surface area (Å²) in [6.07, 6.45) is 1.84. The molecule has 1 amide bonds. The maximum Gasteiger partial charge on any atom is 0.266 e. The van der Waals surface area contributed by atoms with E-state index in [1.807, 2.05) is 54.6 Å². The minimum atomic E-state index is -0.0871. The Morgan fingerprint density at radius 2 is 1.72 bits per heavy atom. The Morgan fingerprint density at radius 1 is 1.03 bits per heavy atom. The fourth-order valence-corrected chi connectivity index (χ4v) is 5.42. The molecule has 1 fully saturated rings. The van der Waals surface area contributed by atoms with Crippen LogP contribution in [0.3, 0.4) is 0 Å². The maximum absolute atomic E-state index is 12.5. The van der Waals surface area contributed by atoms with Crippen LogP contribution in [0.1, 0.15) is 5.82 Å². The molecule has 0 unspecified atom stereocenters. The van der Waals surface area contributed by atoms with Crippen LogP contribution in [-0.2, 0) is 4.79 Å². The predicted molar refractivity (Wildman–Crippen MR) is 125 cm³/mol. The van der Waals surface area contributed by atoms with Gasteiger partial charge in [-0.3, -0.25) is 14.3 Å². The van der Waals surface area contributed by atoms with Crippen LogP contribution in [0, 0.1) is 0 Å². The number of rotatable bonds is 3. The zero-order valence-corrected chi connectivity index (χ0v) is 17.9. The topological polar surface area (TPSA) is 38.1 Å². The van der Waals surface area contributed by atoms with Gasteiger partial charge in [-0.15, -0.1) is 11.3 Å². The van der Waals surface area contributed by atoms with Gasteiger partial charge >= 0.3 is 0 Å². The summed E-state index contributed by atoms with van der Waals surface area (Å²) in [6, 6.07) is 22.5. The third-order valence-electron chi connectivity index (χ3n) is 4.70. The van der Waals surface area contributed by atoms with Gasteiger partial charge in [-0.05, 0) is 23.8 Å². The van der Waals surface area contributed by atoms with E-state index in [1.54, 1.807) is 18.4 Å². The Morgan fingerprint density at radius 3 is 2.38 bits per heavy atom. The third kappa shape index (κ3) is 3.21. The summed E-state index contributed by atoms with van der Waals surface area (Å²) in [5, 5.41) is 0. The lowest BCUT2D eigenvalue weighted by atomic mass is 10.2. The Kier molecular flexibility index (Phi) is 4.58. The molecule has 0 aliphatic carbocycles. The van der Waals surface area contributed by atoms with Crippen molar-refractivity contribution in [3.8, 4) is 16.1 Å². The summed E-state index contributed by atoms with van der Waals surface area (Å²) >= 11 is 8.22. The molecule has 3 heterocycles. The van der Waals surface area contributed by atoms with Gasteiger partial charge < -0.3 is 0 Å². The van der Waals surface area contributed by atoms with Crippen molar-refractivity contribution in [2.45, 2.75) is 0 Å². The second-order valence-electron chi connectivity index (χ2n) is 6.55. The standard InChI is InChI=1S/C22H15N3OS3/c1-24-21(26)18(29-22(24)27)13-19-23-20-16(25(19)15-10-6-3-7-11-15)12-17(28-20)14-8-4-2-5-9-14/h2-13H,1H3/b18-13+. The van der Waals surface area contributed by atoms with Crippen molar-refractivity contribution in [1.29, 1.82) is 0 Å². The van der Waals surface area contributed by atoms with Crippen LogP contribution in [-0.4, -0.2) is 31.7 Å². The van der Waals surface area contributed by atoms with E-state index in [-0.39, 0.29) is 5.91 Å². The first-order chi connectivity index (χ1) is 14.1. The van der Waals surface area contributed by atoms with E-state index in [0.717, 1.165) is 21.9 Å². The molecule has 5 rings (SSSR count). The van der Waals surface area contributed by atoms with E-state index in [9.17, 15) is 4.79 Å². The third-order valence-corrected chi connectivity index (χ3v) is 7.25. The number of thiophene rings is 1. The number of fused-ring (bicyclic) bond motifs is 1. The molecule has 29 heavy (non-hydrogen) atoms. The molecular formula is C22H15N3OS3. The number of nitrogens with zero attached hydrogens (tertiary/aromatic N) is 3. The van der Waals surface area contributed by atoms with Crippen molar-refractivity contribution in [3.63, 3.8) is 0 Å².